The molecule has 2 aliphatic carbocycles. The van der Waals surface area contributed by atoms with E-state index in [0.717, 1.165) is 73.5 Å². The number of halogens is 3. The van der Waals surface area contributed by atoms with E-state index < -0.39 is 33.8 Å². The number of thiazole rings is 1. The summed E-state index contributed by atoms with van der Waals surface area (Å²) in [7, 11) is 3.28. The average molecular weight is 1040 g/mol. The first kappa shape index (κ1) is 52.4. The molecule has 4 aliphatic rings. The standard InChI is InChI=1S/C51H65ClF2N10O5S2/c1-32-42(70-31-58-32)35-11-12-37(39(53)23-35)25-56-29-50(30-65)15-6-18-64(50)46(67)43(60-47(68)51(54)16-17-51)49(2,3)71-28-34-9-7-33(8-10-34)27-62-19-21-63(22-20-62)45(66)36-13-14-40(41(24-36)69-5)59-48-57-26-38(52)44(55-4)61-48/h11-14,23-24,26,30-31,33-34,43,56H,6-10,15-22,25,27-29H2,1-5H3,(H,60,68)(H2,55,57,59,61)/t33?,34?,43-,50?/m1/s1. The Morgan fingerprint density at radius 3 is 2.44 bits per heavy atom. The molecular formula is C51H65ClF2N10O5S2. The zero-order valence-corrected chi connectivity index (χ0v) is 43.5. The van der Waals surface area contributed by atoms with E-state index in [1.165, 1.54) is 23.6 Å². The van der Waals surface area contributed by atoms with Gasteiger partial charge in [0.2, 0.25) is 11.9 Å². The largest absolute Gasteiger partial charge is 0.495 e. The number of nitrogens with zero attached hydrogens (tertiary/aromatic N) is 6. The van der Waals surface area contributed by atoms with Gasteiger partial charge >= 0.3 is 0 Å². The summed E-state index contributed by atoms with van der Waals surface area (Å²) in [6.45, 7) is 10.1. The van der Waals surface area contributed by atoms with Crippen LogP contribution >= 0.6 is 34.7 Å². The van der Waals surface area contributed by atoms with Crippen molar-refractivity contribution in [2.75, 3.05) is 76.4 Å². The number of aromatic nitrogens is 3. The summed E-state index contributed by atoms with van der Waals surface area (Å²) < 4.78 is 35.3. The van der Waals surface area contributed by atoms with Crippen LogP contribution in [-0.4, -0.2) is 141 Å². The van der Waals surface area contributed by atoms with Gasteiger partial charge in [0.05, 0.1) is 35.1 Å². The molecule has 20 heteroatoms. The first-order valence-corrected chi connectivity index (χ1v) is 26.8. The number of carbonyl (C=O) groups excluding carboxylic acids is 4. The van der Waals surface area contributed by atoms with Gasteiger partial charge < -0.3 is 40.6 Å². The molecule has 2 aromatic heterocycles. The number of nitrogens with one attached hydrogen (secondary N) is 4. The van der Waals surface area contributed by atoms with Crippen LogP contribution in [0.2, 0.25) is 5.02 Å². The van der Waals surface area contributed by atoms with Crippen molar-refractivity contribution >= 4 is 76.2 Å². The van der Waals surface area contributed by atoms with Crippen LogP contribution in [0.15, 0.2) is 48.1 Å². The van der Waals surface area contributed by atoms with E-state index in [4.69, 9.17) is 16.3 Å². The predicted molar refractivity (Wildman–Crippen MR) is 276 cm³/mol. The van der Waals surface area contributed by atoms with E-state index in [1.54, 1.807) is 60.6 Å². The van der Waals surface area contributed by atoms with Gasteiger partial charge in [0.25, 0.3) is 11.8 Å². The van der Waals surface area contributed by atoms with E-state index in [0.29, 0.717) is 83.7 Å². The van der Waals surface area contributed by atoms with Crippen LogP contribution in [0.5, 0.6) is 5.75 Å². The number of likely N-dealkylation sites (tertiary alicyclic amines) is 1. The SMILES string of the molecule is CNc1nc(Nc2ccc(C(=O)N3CCN(CC4CCC(CSC(C)(C)[C@H](NC(=O)C5(F)CC5)C(=O)N5CCCC5(C=O)CNCc5ccc(-c6scnc6C)cc5F)CC4)CC3)cc2OC)ncc1Cl. The van der Waals surface area contributed by atoms with Gasteiger partial charge in [-0.15, -0.1) is 11.3 Å². The highest BCUT2D eigenvalue weighted by molar-refractivity contribution is 8.00. The summed E-state index contributed by atoms with van der Waals surface area (Å²) in [4.78, 5) is 74.4. The van der Waals surface area contributed by atoms with Crippen molar-refractivity contribution in [2.24, 2.45) is 11.8 Å². The van der Waals surface area contributed by atoms with Crippen molar-refractivity contribution in [1.82, 2.24) is 40.3 Å². The van der Waals surface area contributed by atoms with E-state index in [2.05, 4.69) is 41.1 Å². The number of hydrogen-bond donors (Lipinski definition) is 4. The van der Waals surface area contributed by atoms with Crippen LogP contribution in [-0.2, 0) is 20.9 Å². The number of alkyl halides is 1. The maximum absolute atomic E-state index is 15.3. The number of thioether (sulfide) groups is 1. The molecule has 0 radical (unpaired) electrons. The van der Waals surface area contributed by atoms with Crippen molar-refractivity contribution in [2.45, 2.75) is 101 Å². The van der Waals surface area contributed by atoms with Gasteiger partial charge in [-0.2, -0.15) is 16.7 Å². The third kappa shape index (κ3) is 12.1. The fraction of sp³-hybridized carbons (Fsp3) is 0.549. The molecule has 2 aliphatic heterocycles. The number of benzene rings is 2. The Hall–Kier alpha value is -4.95. The molecule has 2 aromatic carbocycles. The lowest BCUT2D eigenvalue weighted by atomic mass is 9.82. The van der Waals surface area contributed by atoms with Gasteiger partial charge in [-0.25, -0.2) is 18.7 Å². The minimum Gasteiger partial charge on any atom is -0.495 e. The number of aldehydes is 1. The van der Waals surface area contributed by atoms with Gasteiger partial charge in [-0.1, -0.05) is 23.7 Å². The van der Waals surface area contributed by atoms with Crippen molar-refractivity contribution in [3.63, 3.8) is 0 Å². The first-order chi connectivity index (χ1) is 34.0. The summed E-state index contributed by atoms with van der Waals surface area (Å²) in [6.07, 6.45) is 7.69. The van der Waals surface area contributed by atoms with E-state index in [1.807, 2.05) is 31.7 Å². The molecule has 382 valence electrons. The molecule has 4 heterocycles. The minimum absolute atomic E-state index is 0.0505. The Bertz CT molecular complexity index is 2570. The predicted octanol–water partition coefficient (Wildman–Crippen LogP) is 7.91. The maximum Gasteiger partial charge on any atom is 0.258 e. The fourth-order valence-corrected chi connectivity index (χ4v) is 12.3. The van der Waals surface area contributed by atoms with Gasteiger partial charge in [0.15, 0.2) is 5.67 Å². The molecule has 4 fully saturated rings. The van der Waals surface area contributed by atoms with Crippen LogP contribution in [0.1, 0.15) is 86.8 Å². The lowest BCUT2D eigenvalue weighted by Crippen LogP contribution is -2.64. The summed E-state index contributed by atoms with van der Waals surface area (Å²) >= 11 is 9.21. The molecule has 8 rings (SSSR count). The van der Waals surface area contributed by atoms with Crippen molar-refractivity contribution in [3.05, 3.63) is 75.8 Å². The first-order valence-electron chi connectivity index (χ1n) is 24.5. The van der Waals surface area contributed by atoms with Crippen LogP contribution in [0.4, 0.5) is 26.2 Å². The van der Waals surface area contributed by atoms with Crippen molar-refractivity contribution in [3.8, 4) is 16.2 Å². The maximum atomic E-state index is 15.3. The number of piperazine rings is 1. The molecule has 0 bridgehead atoms. The zero-order chi connectivity index (χ0) is 50.5. The van der Waals surface area contributed by atoms with Crippen LogP contribution in [0.25, 0.3) is 10.4 Å². The number of carbonyl (C=O) groups is 4. The average Bonchev–Trinajstić information content (AvgIpc) is 3.76. The number of rotatable bonds is 20. The van der Waals surface area contributed by atoms with Gasteiger partial charge in [0.1, 0.15) is 40.3 Å². The highest BCUT2D eigenvalue weighted by Crippen LogP contribution is 2.43. The molecule has 3 amide bonds. The molecule has 1 unspecified atom stereocenters. The Morgan fingerprint density at radius 2 is 1.77 bits per heavy atom. The molecule has 4 aromatic rings. The van der Waals surface area contributed by atoms with Crippen molar-refractivity contribution < 1.29 is 32.7 Å². The number of methoxy groups -OCH3 is 1. The topological polar surface area (TPSA) is 174 Å². The lowest BCUT2D eigenvalue weighted by Gasteiger charge is -2.42. The van der Waals surface area contributed by atoms with Crippen molar-refractivity contribution in [1.29, 1.82) is 0 Å². The molecule has 0 spiro atoms. The number of ether oxygens (including phenoxy) is 1. The Labute approximate surface area is 428 Å². The zero-order valence-electron chi connectivity index (χ0n) is 41.1. The Balaban J connectivity index is 0.815. The molecule has 15 nitrogen and oxygen atoms in total. The second-order valence-electron chi connectivity index (χ2n) is 19.9. The monoisotopic (exact) mass is 1030 g/mol. The molecular weight excluding hydrogens is 970 g/mol. The summed E-state index contributed by atoms with van der Waals surface area (Å²) in [5.74, 6) is 1.38. The van der Waals surface area contributed by atoms with Gasteiger partial charge in [-0.3, -0.25) is 19.3 Å². The van der Waals surface area contributed by atoms with Gasteiger partial charge in [-0.05, 0) is 120 Å². The van der Waals surface area contributed by atoms with Crippen LogP contribution in [0, 0.1) is 24.6 Å². The summed E-state index contributed by atoms with van der Waals surface area (Å²) in [5.41, 5.74) is 1.69. The smallest absolute Gasteiger partial charge is 0.258 e. The highest BCUT2D eigenvalue weighted by Gasteiger charge is 2.55. The minimum atomic E-state index is -1.99. The number of hydrogen-bond acceptors (Lipinski definition) is 14. The quantitative estimate of drug-likeness (QED) is 0.0630. The van der Waals surface area contributed by atoms with E-state index in [9.17, 15) is 19.2 Å². The van der Waals surface area contributed by atoms with E-state index >= 15 is 8.78 Å². The number of amides is 3. The number of aryl methyl sites for hydroxylation is 1. The third-order valence-electron chi connectivity index (χ3n) is 14.6. The second kappa shape index (κ2) is 22.4. The Kier molecular flexibility index (Phi) is 16.6. The molecule has 2 atom stereocenters. The lowest BCUT2D eigenvalue weighted by molar-refractivity contribution is -0.144. The summed E-state index contributed by atoms with van der Waals surface area (Å²) in [5, 5.41) is 12.5. The Morgan fingerprint density at radius 1 is 1.03 bits per heavy atom. The fourth-order valence-electron chi connectivity index (χ4n) is 10.0. The highest BCUT2D eigenvalue weighted by atomic mass is 35.5. The second-order valence-corrected chi connectivity index (χ2v) is 22.9. The third-order valence-corrected chi connectivity index (χ3v) is 17.5. The van der Waals surface area contributed by atoms with Crippen LogP contribution < -0.4 is 26.0 Å². The molecule has 71 heavy (non-hydrogen) atoms. The normalized spacial score (nSPS) is 21.6. The van der Waals surface area contributed by atoms with E-state index in [-0.39, 0.29) is 37.7 Å². The van der Waals surface area contributed by atoms with Crippen LogP contribution in [0.3, 0.4) is 0 Å². The molecule has 2 saturated heterocycles. The van der Waals surface area contributed by atoms with Gasteiger partial charge in [0, 0.05) is 75.3 Å². The molecule has 4 N–H and O–H groups in total. The molecule has 2 saturated carbocycles. The number of anilines is 3. The summed E-state index contributed by atoms with van der Waals surface area (Å²) in [6, 6.07) is 9.28.